The monoisotopic (exact) mass is 450 g/mol. The molecule has 0 saturated heterocycles. The smallest absolute Gasteiger partial charge is 0.143 e. The van der Waals surface area contributed by atoms with Gasteiger partial charge in [-0.1, -0.05) is 68.4 Å². The molecule has 1 aromatic heterocycles. The maximum absolute atomic E-state index is 9.92. The molecule has 0 fully saturated rings. The standard InChI is InChI=1S/C20H13NO.C7H7NO2.C2H6/c21-17-11-16-19-13-6-2-1-5-12(13)9-10-18(19)22-20(16)15-8-4-3-7-14(15)17;1-10-7-4-2-6(8-9)3-5-7;1-2/h1-11H,21H2;2-5H,1H3;1-2H3. The third kappa shape index (κ3) is 4.16. The molecule has 34 heavy (non-hydrogen) atoms. The van der Waals surface area contributed by atoms with E-state index in [9.17, 15) is 4.91 Å². The maximum Gasteiger partial charge on any atom is 0.143 e. The van der Waals surface area contributed by atoms with Crippen molar-refractivity contribution in [2.75, 3.05) is 12.8 Å². The van der Waals surface area contributed by atoms with Gasteiger partial charge in [0.25, 0.3) is 0 Å². The van der Waals surface area contributed by atoms with Crippen molar-refractivity contribution in [3.05, 3.63) is 95.9 Å². The molecule has 0 amide bonds. The van der Waals surface area contributed by atoms with Crippen LogP contribution in [-0.2, 0) is 0 Å². The highest BCUT2D eigenvalue weighted by Crippen LogP contribution is 2.39. The predicted octanol–water partition coefficient (Wildman–Crippen LogP) is 8.59. The second-order valence-electron chi connectivity index (χ2n) is 7.44. The number of furan rings is 1. The van der Waals surface area contributed by atoms with Crippen LogP contribution >= 0.6 is 0 Å². The molecule has 0 unspecified atom stereocenters. The highest BCUT2D eigenvalue weighted by Gasteiger charge is 2.14. The topological polar surface area (TPSA) is 77.8 Å². The van der Waals surface area contributed by atoms with Crippen LogP contribution in [0.2, 0.25) is 0 Å². The van der Waals surface area contributed by atoms with Gasteiger partial charge in [-0.2, -0.15) is 0 Å². The molecule has 5 nitrogen and oxygen atoms in total. The predicted molar refractivity (Wildman–Crippen MR) is 143 cm³/mol. The first-order valence-corrected chi connectivity index (χ1v) is 11.2. The zero-order chi connectivity index (χ0) is 24.1. The van der Waals surface area contributed by atoms with Crippen LogP contribution in [0.5, 0.6) is 5.75 Å². The molecule has 0 radical (unpaired) electrons. The van der Waals surface area contributed by atoms with Crippen molar-refractivity contribution in [3.63, 3.8) is 0 Å². The van der Waals surface area contributed by atoms with Gasteiger partial charge < -0.3 is 14.9 Å². The van der Waals surface area contributed by atoms with Gasteiger partial charge in [0.15, 0.2) is 0 Å². The van der Waals surface area contributed by atoms with Crippen LogP contribution in [0, 0.1) is 4.91 Å². The number of anilines is 1. The molecule has 0 saturated carbocycles. The molecule has 0 spiro atoms. The van der Waals surface area contributed by atoms with E-state index >= 15 is 0 Å². The van der Waals surface area contributed by atoms with E-state index in [1.807, 2.05) is 44.2 Å². The molecule has 1 heterocycles. The van der Waals surface area contributed by atoms with Crippen LogP contribution in [0.4, 0.5) is 11.4 Å². The van der Waals surface area contributed by atoms with Crippen molar-refractivity contribution in [1.29, 1.82) is 0 Å². The number of fused-ring (bicyclic) bond motifs is 7. The van der Waals surface area contributed by atoms with Gasteiger partial charge in [-0.05, 0) is 52.3 Å². The van der Waals surface area contributed by atoms with Gasteiger partial charge in [-0.25, -0.2) is 0 Å². The van der Waals surface area contributed by atoms with Crippen molar-refractivity contribution in [2.45, 2.75) is 13.8 Å². The van der Waals surface area contributed by atoms with Gasteiger partial charge >= 0.3 is 0 Å². The molecule has 0 aliphatic carbocycles. The van der Waals surface area contributed by atoms with Crippen LogP contribution in [0.1, 0.15) is 13.8 Å². The zero-order valence-electron chi connectivity index (χ0n) is 19.4. The van der Waals surface area contributed by atoms with Gasteiger partial charge in [0.1, 0.15) is 22.6 Å². The Kier molecular flexibility index (Phi) is 6.74. The van der Waals surface area contributed by atoms with Crippen molar-refractivity contribution in [2.24, 2.45) is 5.18 Å². The number of nitrogens with zero attached hydrogens (tertiary/aromatic N) is 1. The average molecular weight is 451 g/mol. The second-order valence-corrected chi connectivity index (χ2v) is 7.44. The number of methoxy groups -OCH3 is 1. The molecular formula is C29H26N2O3. The van der Waals surface area contributed by atoms with Gasteiger partial charge in [0.05, 0.1) is 7.11 Å². The van der Waals surface area contributed by atoms with Crippen molar-refractivity contribution < 1.29 is 9.15 Å². The quantitative estimate of drug-likeness (QED) is 0.212. The lowest BCUT2D eigenvalue weighted by Gasteiger charge is -2.03. The molecule has 5 aromatic carbocycles. The van der Waals surface area contributed by atoms with Crippen molar-refractivity contribution in [1.82, 2.24) is 0 Å². The highest BCUT2D eigenvalue weighted by atomic mass is 16.5. The van der Waals surface area contributed by atoms with Gasteiger partial charge in [-0.3, -0.25) is 0 Å². The molecule has 6 aromatic rings. The van der Waals surface area contributed by atoms with Gasteiger partial charge in [-0.15, -0.1) is 4.91 Å². The Labute approximate surface area is 197 Å². The number of nitrogen functional groups attached to an aromatic ring is 1. The fraction of sp³-hybridized carbons (Fsp3) is 0.103. The van der Waals surface area contributed by atoms with E-state index in [4.69, 9.17) is 14.9 Å². The summed E-state index contributed by atoms with van der Waals surface area (Å²) >= 11 is 0. The molecule has 0 bridgehead atoms. The summed E-state index contributed by atoms with van der Waals surface area (Å²) in [6.45, 7) is 4.00. The summed E-state index contributed by atoms with van der Waals surface area (Å²) in [4.78, 5) is 9.92. The number of rotatable bonds is 2. The fourth-order valence-corrected chi connectivity index (χ4v) is 4.04. The Bertz CT molecular complexity index is 1580. The van der Waals surface area contributed by atoms with Gasteiger partial charge in [0.2, 0.25) is 0 Å². The summed E-state index contributed by atoms with van der Waals surface area (Å²) < 4.78 is 11.0. The lowest BCUT2D eigenvalue weighted by Crippen LogP contribution is -1.86. The molecule has 0 aliphatic rings. The lowest BCUT2D eigenvalue weighted by atomic mass is 10.0. The first-order valence-electron chi connectivity index (χ1n) is 11.2. The molecule has 0 atom stereocenters. The highest BCUT2D eigenvalue weighted by molar-refractivity contribution is 6.24. The lowest BCUT2D eigenvalue weighted by molar-refractivity contribution is 0.415. The Morgan fingerprint density at radius 3 is 2.09 bits per heavy atom. The van der Waals surface area contributed by atoms with Crippen LogP contribution in [0.15, 0.2) is 101 Å². The van der Waals surface area contributed by atoms with E-state index in [2.05, 4.69) is 41.6 Å². The normalized spacial score (nSPS) is 10.4. The average Bonchev–Trinajstić information content (AvgIpc) is 3.29. The molecule has 2 N–H and O–H groups in total. The summed E-state index contributed by atoms with van der Waals surface area (Å²) in [5.41, 5.74) is 9.30. The number of ether oxygens (including phenoxy) is 1. The summed E-state index contributed by atoms with van der Waals surface area (Å²) in [6, 6.07) is 29.3. The van der Waals surface area contributed by atoms with Gasteiger partial charge in [0, 0.05) is 27.2 Å². The minimum absolute atomic E-state index is 0.417. The summed E-state index contributed by atoms with van der Waals surface area (Å²) in [5, 5.41) is 9.49. The molecule has 0 aliphatic heterocycles. The Balaban J connectivity index is 0.000000193. The minimum Gasteiger partial charge on any atom is -0.497 e. The molecular weight excluding hydrogens is 424 g/mol. The Hall–Kier alpha value is -4.38. The first-order chi connectivity index (χ1) is 16.7. The van der Waals surface area contributed by atoms with Crippen LogP contribution in [-0.4, -0.2) is 7.11 Å². The maximum atomic E-state index is 9.92. The number of nitroso groups, excluding NO2 is 1. The summed E-state index contributed by atoms with van der Waals surface area (Å²) in [7, 11) is 1.57. The van der Waals surface area contributed by atoms with Crippen molar-refractivity contribution >= 4 is 54.9 Å². The molecule has 6 rings (SSSR count). The SMILES string of the molecule is CC.COc1ccc(N=O)cc1.Nc1cc2c(oc3ccc4ccccc4c32)c2ccccc12. The van der Waals surface area contributed by atoms with E-state index in [1.54, 1.807) is 31.4 Å². The van der Waals surface area contributed by atoms with E-state index in [0.717, 1.165) is 44.1 Å². The molecule has 170 valence electrons. The first kappa shape index (κ1) is 22.8. The van der Waals surface area contributed by atoms with Crippen LogP contribution in [0.25, 0.3) is 43.5 Å². The van der Waals surface area contributed by atoms with E-state index < -0.39 is 0 Å². The Morgan fingerprint density at radius 2 is 1.41 bits per heavy atom. The van der Waals surface area contributed by atoms with E-state index in [0.29, 0.717) is 5.69 Å². The Morgan fingerprint density at radius 1 is 0.765 bits per heavy atom. The number of hydrogen-bond donors (Lipinski definition) is 1. The van der Waals surface area contributed by atoms with E-state index in [1.165, 1.54) is 10.8 Å². The summed E-state index contributed by atoms with van der Waals surface area (Å²) in [5.74, 6) is 0.729. The minimum atomic E-state index is 0.417. The molecule has 5 heteroatoms. The largest absolute Gasteiger partial charge is 0.497 e. The van der Waals surface area contributed by atoms with Crippen LogP contribution < -0.4 is 10.5 Å². The van der Waals surface area contributed by atoms with Crippen molar-refractivity contribution in [3.8, 4) is 5.75 Å². The third-order valence-corrected chi connectivity index (χ3v) is 5.58. The van der Waals surface area contributed by atoms with E-state index in [-0.39, 0.29) is 0 Å². The third-order valence-electron chi connectivity index (χ3n) is 5.58. The number of hydrogen-bond acceptors (Lipinski definition) is 5. The number of nitrogens with two attached hydrogens (primary N) is 1. The fourth-order valence-electron chi connectivity index (χ4n) is 4.04. The number of benzene rings is 5. The van der Waals surface area contributed by atoms with Crippen LogP contribution in [0.3, 0.4) is 0 Å². The summed E-state index contributed by atoms with van der Waals surface area (Å²) in [6.07, 6.45) is 0. The second kappa shape index (κ2) is 10.0. The zero-order valence-corrected chi connectivity index (χ0v) is 19.4.